The quantitative estimate of drug-likeness (QED) is 0.567. The van der Waals surface area contributed by atoms with Crippen LogP contribution in [0, 0.1) is 18.3 Å². The van der Waals surface area contributed by atoms with E-state index in [1.54, 1.807) is 23.6 Å². The summed E-state index contributed by atoms with van der Waals surface area (Å²) in [7, 11) is 2.71. The van der Waals surface area contributed by atoms with E-state index in [2.05, 4.69) is 11.1 Å². The monoisotopic (exact) mass is 419 g/mol. The van der Waals surface area contributed by atoms with E-state index in [0.717, 1.165) is 5.56 Å². The number of ether oxygens (including phenoxy) is 2. The lowest BCUT2D eigenvalue weighted by molar-refractivity contribution is -0.145. The maximum atomic E-state index is 13.2. The smallest absolute Gasteiger partial charge is 0.330 e. The van der Waals surface area contributed by atoms with Crippen LogP contribution < -0.4 is 10.3 Å². The molecule has 0 saturated heterocycles. The van der Waals surface area contributed by atoms with E-state index in [9.17, 15) is 14.9 Å². The summed E-state index contributed by atoms with van der Waals surface area (Å²) in [5.74, 6) is -0.356. The van der Waals surface area contributed by atoms with E-state index < -0.39 is 11.4 Å². The van der Waals surface area contributed by atoms with Gasteiger partial charge in [0.15, 0.2) is 5.41 Å². The molecule has 0 aliphatic carbocycles. The van der Waals surface area contributed by atoms with Crippen molar-refractivity contribution in [3.8, 4) is 17.5 Å². The molecular formula is C24H25N3O4. The molecule has 0 aliphatic heterocycles. The van der Waals surface area contributed by atoms with Crippen LogP contribution in [0.15, 0.2) is 41.2 Å². The van der Waals surface area contributed by atoms with Gasteiger partial charge in [-0.2, -0.15) is 5.26 Å². The molecule has 3 aromatic rings. The van der Waals surface area contributed by atoms with Gasteiger partial charge in [0.2, 0.25) is 0 Å². The minimum Gasteiger partial charge on any atom is -0.496 e. The van der Waals surface area contributed by atoms with Gasteiger partial charge in [-0.05, 0) is 38.0 Å². The van der Waals surface area contributed by atoms with Gasteiger partial charge in [0.1, 0.15) is 11.4 Å². The molecular weight excluding hydrogens is 394 g/mol. The van der Waals surface area contributed by atoms with Crippen LogP contribution >= 0.6 is 0 Å². The summed E-state index contributed by atoms with van der Waals surface area (Å²) in [6.45, 7) is 5.57. The standard InChI is InChI=1S/C24H25N3O4/c1-6-18-22(28)27(16-10-8-15(3)9-11-16)20-13-21(30-4)17(12-19(20)26-18)24(7-2,14-25)23(29)31-5/h8-13H,6-7H2,1-5H3. The van der Waals surface area contributed by atoms with Crippen LogP contribution in [0.5, 0.6) is 5.75 Å². The van der Waals surface area contributed by atoms with Crippen molar-refractivity contribution in [2.45, 2.75) is 39.0 Å². The summed E-state index contributed by atoms with van der Waals surface area (Å²) in [4.78, 5) is 30.4. The minimum atomic E-state index is -1.55. The van der Waals surface area contributed by atoms with Crippen molar-refractivity contribution in [3.63, 3.8) is 0 Å². The first-order chi connectivity index (χ1) is 14.9. The molecule has 31 heavy (non-hydrogen) atoms. The molecule has 1 atom stereocenters. The van der Waals surface area contributed by atoms with Crippen LogP contribution in [0.4, 0.5) is 0 Å². The van der Waals surface area contributed by atoms with Crippen LogP contribution in [-0.2, 0) is 21.4 Å². The minimum absolute atomic E-state index is 0.191. The molecule has 7 heteroatoms. The molecule has 1 heterocycles. The number of rotatable bonds is 6. The topological polar surface area (TPSA) is 94.2 Å². The van der Waals surface area contributed by atoms with Gasteiger partial charge in [0, 0.05) is 17.3 Å². The number of esters is 1. The number of fused-ring (bicyclic) bond motifs is 1. The average molecular weight is 419 g/mol. The van der Waals surface area contributed by atoms with Crippen molar-refractivity contribution < 1.29 is 14.3 Å². The Balaban J connectivity index is 2.46. The van der Waals surface area contributed by atoms with Crippen molar-refractivity contribution in [1.29, 1.82) is 5.26 Å². The number of methoxy groups -OCH3 is 2. The number of nitrogens with zero attached hydrogens (tertiary/aromatic N) is 3. The highest BCUT2D eigenvalue weighted by molar-refractivity contribution is 5.90. The Morgan fingerprint density at radius 3 is 2.39 bits per heavy atom. The predicted octanol–water partition coefficient (Wildman–Crippen LogP) is 3.61. The van der Waals surface area contributed by atoms with Crippen LogP contribution in [0.2, 0.25) is 0 Å². The van der Waals surface area contributed by atoms with E-state index in [0.29, 0.717) is 40.1 Å². The molecule has 0 spiro atoms. The molecule has 7 nitrogen and oxygen atoms in total. The van der Waals surface area contributed by atoms with Crippen molar-refractivity contribution in [1.82, 2.24) is 9.55 Å². The number of carbonyl (C=O) groups excluding carboxylic acids is 1. The van der Waals surface area contributed by atoms with E-state index in [4.69, 9.17) is 9.47 Å². The second-order valence-corrected chi connectivity index (χ2v) is 7.29. The maximum absolute atomic E-state index is 13.2. The summed E-state index contributed by atoms with van der Waals surface area (Å²) in [5.41, 5.74) is 1.78. The van der Waals surface area contributed by atoms with Crippen molar-refractivity contribution in [2.75, 3.05) is 14.2 Å². The fourth-order valence-corrected chi connectivity index (χ4v) is 3.74. The fraction of sp³-hybridized carbons (Fsp3) is 0.333. The third-order valence-electron chi connectivity index (χ3n) is 5.58. The molecule has 2 aromatic carbocycles. The fourth-order valence-electron chi connectivity index (χ4n) is 3.74. The largest absolute Gasteiger partial charge is 0.496 e. The maximum Gasteiger partial charge on any atom is 0.330 e. The van der Waals surface area contributed by atoms with E-state index in [1.807, 2.05) is 38.1 Å². The first kappa shape index (κ1) is 22.0. The molecule has 160 valence electrons. The molecule has 0 amide bonds. The van der Waals surface area contributed by atoms with Crippen LogP contribution in [-0.4, -0.2) is 29.7 Å². The number of benzene rings is 2. The van der Waals surface area contributed by atoms with Crippen molar-refractivity contribution >= 4 is 17.0 Å². The number of nitriles is 1. The Morgan fingerprint density at radius 1 is 1.19 bits per heavy atom. The number of aromatic nitrogens is 2. The third kappa shape index (κ3) is 3.55. The SMILES string of the molecule is CCc1nc2cc(C(C#N)(CC)C(=O)OC)c(OC)cc2n(-c2ccc(C)cc2)c1=O. The van der Waals surface area contributed by atoms with Gasteiger partial charge in [-0.1, -0.05) is 31.5 Å². The zero-order valence-electron chi connectivity index (χ0n) is 18.4. The number of hydrogen-bond donors (Lipinski definition) is 0. The molecule has 0 saturated carbocycles. The highest BCUT2D eigenvalue weighted by atomic mass is 16.5. The van der Waals surface area contributed by atoms with Crippen LogP contribution in [0.1, 0.15) is 37.1 Å². The summed E-state index contributed by atoms with van der Waals surface area (Å²) >= 11 is 0. The third-order valence-corrected chi connectivity index (χ3v) is 5.58. The lowest BCUT2D eigenvalue weighted by atomic mass is 9.78. The molecule has 1 aromatic heterocycles. The molecule has 0 bridgehead atoms. The Morgan fingerprint density at radius 2 is 1.87 bits per heavy atom. The lowest BCUT2D eigenvalue weighted by Crippen LogP contribution is -2.35. The van der Waals surface area contributed by atoms with Gasteiger partial charge in [-0.25, -0.2) is 9.78 Å². The zero-order chi connectivity index (χ0) is 22.8. The summed E-state index contributed by atoms with van der Waals surface area (Å²) in [6, 6.07) is 13.0. The van der Waals surface area contributed by atoms with E-state index >= 15 is 0 Å². The Bertz CT molecular complexity index is 1240. The molecule has 0 N–H and O–H groups in total. The zero-order valence-corrected chi connectivity index (χ0v) is 18.4. The summed E-state index contributed by atoms with van der Waals surface area (Å²) in [5, 5.41) is 9.94. The second kappa shape index (κ2) is 8.60. The molecule has 0 aliphatic rings. The van der Waals surface area contributed by atoms with Gasteiger partial charge in [-0.3, -0.25) is 9.36 Å². The molecule has 0 fully saturated rings. The normalized spacial score (nSPS) is 12.8. The predicted molar refractivity (Wildman–Crippen MR) is 118 cm³/mol. The van der Waals surface area contributed by atoms with Gasteiger partial charge in [-0.15, -0.1) is 0 Å². The van der Waals surface area contributed by atoms with Gasteiger partial charge >= 0.3 is 5.97 Å². The van der Waals surface area contributed by atoms with Crippen molar-refractivity contribution in [3.05, 3.63) is 63.6 Å². The number of hydrogen-bond acceptors (Lipinski definition) is 6. The first-order valence-corrected chi connectivity index (χ1v) is 10.1. The summed E-state index contributed by atoms with van der Waals surface area (Å²) in [6.07, 6.45) is 0.631. The van der Waals surface area contributed by atoms with E-state index in [-0.39, 0.29) is 12.0 Å². The van der Waals surface area contributed by atoms with Gasteiger partial charge in [0.25, 0.3) is 5.56 Å². The van der Waals surface area contributed by atoms with E-state index in [1.165, 1.54) is 14.2 Å². The van der Waals surface area contributed by atoms with Crippen LogP contribution in [0.25, 0.3) is 16.7 Å². The van der Waals surface area contributed by atoms with Crippen molar-refractivity contribution in [2.24, 2.45) is 0 Å². The molecule has 1 unspecified atom stereocenters. The Labute approximate surface area is 180 Å². The highest BCUT2D eigenvalue weighted by Gasteiger charge is 2.43. The Hall–Kier alpha value is -3.66. The molecule has 0 radical (unpaired) electrons. The Kier molecular flexibility index (Phi) is 6.11. The molecule has 3 rings (SSSR count). The van der Waals surface area contributed by atoms with Crippen LogP contribution in [0.3, 0.4) is 0 Å². The number of carbonyl (C=O) groups is 1. The second-order valence-electron chi connectivity index (χ2n) is 7.29. The number of aryl methyl sites for hydroxylation is 2. The lowest BCUT2D eigenvalue weighted by Gasteiger charge is -2.25. The first-order valence-electron chi connectivity index (χ1n) is 10.1. The highest BCUT2D eigenvalue weighted by Crippen LogP contribution is 2.38. The van der Waals surface area contributed by atoms with Gasteiger partial charge < -0.3 is 9.47 Å². The summed E-state index contributed by atoms with van der Waals surface area (Å²) < 4.78 is 12.1. The van der Waals surface area contributed by atoms with Gasteiger partial charge in [0.05, 0.1) is 31.3 Å². The average Bonchev–Trinajstić information content (AvgIpc) is 2.80.